The SMILES string of the molecule is c1ccc(N(c2ccccc2)c2ccc(-c3ccc(N(c4ccc(-c5ccc(N(c6ccccc6)c6ccccc6)cc5)cc4)c4ccc(-c5ccc6c(c5)-c5ccccc5C6)cc4)cc3)cc2)cc1. The largest absolute Gasteiger partial charge is 0.311 e. The highest BCUT2D eigenvalue weighted by atomic mass is 15.2. The number of nitrogens with zero attached hydrogens (tertiary/aromatic N) is 3. The number of hydrogen-bond acceptors (Lipinski definition) is 3. The van der Waals surface area contributed by atoms with Crippen LogP contribution in [0.1, 0.15) is 11.1 Å². The molecule has 0 N–H and O–H groups in total. The molecule has 0 saturated heterocycles. The quantitative estimate of drug-likeness (QED) is 0.121. The Morgan fingerprint density at radius 3 is 0.757 bits per heavy atom. The molecule has 0 saturated carbocycles. The molecule has 0 unspecified atom stereocenters. The first-order valence-corrected chi connectivity index (χ1v) is 24.0. The third-order valence-corrected chi connectivity index (χ3v) is 13.5. The van der Waals surface area contributed by atoms with Crippen LogP contribution in [0.3, 0.4) is 0 Å². The lowest BCUT2D eigenvalue weighted by molar-refractivity contribution is 1.26. The summed E-state index contributed by atoms with van der Waals surface area (Å²) in [6.07, 6.45) is 0.996. The van der Waals surface area contributed by atoms with Crippen LogP contribution >= 0.6 is 0 Å². The molecule has 0 amide bonds. The summed E-state index contributed by atoms with van der Waals surface area (Å²) in [7, 11) is 0. The van der Waals surface area contributed by atoms with Crippen LogP contribution in [0.4, 0.5) is 51.2 Å². The standard InChI is InChI=1S/C67H49N3/c1-5-16-57(17-6-1)68(58-18-7-2-8-19-58)61-37-27-49(28-38-61)51-31-41-63(42-32-51)70(65-45-35-53(36-46-65)54-25-26-56-47-55-15-13-14-24-66(55)67(56)48-54)64-43-33-52(34-44-64)50-29-39-62(40-30-50)69(59-20-9-3-10-21-59)60-22-11-4-12-23-60/h1-46,48H,47H2. The maximum Gasteiger partial charge on any atom is 0.0462 e. The molecule has 0 aromatic heterocycles. The molecular weight excluding hydrogens is 847 g/mol. The molecule has 0 radical (unpaired) electrons. The van der Waals surface area contributed by atoms with Gasteiger partial charge >= 0.3 is 0 Å². The smallest absolute Gasteiger partial charge is 0.0462 e. The van der Waals surface area contributed by atoms with Gasteiger partial charge in [-0.2, -0.15) is 0 Å². The van der Waals surface area contributed by atoms with Gasteiger partial charge < -0.3 is 14.7 Å². The Morgan fingerprint density at radius 1 is 0.186 bits per heavy atom. The minimum Gasteiger partial charge on any atom is -0.311 e. The van der Waals surface area contributed by atoms with Crippen LogP contribution in [-0.4, -0.2) is 0 Å². The Morgan fingerprint density at radius 2 is 0.429 bits per heavy atom. The highest BCUT2D eigenvalue weighted by molar-refractivity contribution is 5.85. The van der Waals surface area contributed by atoms with Gasteiger partial charge in [0.15, 0.2) is 0 Å². The maximum absolute atomic E-state index is 2.37. The van der Waals surface area contributed by atoms with Crippen LogP contribution < -0.4 is 14.7 Å². The van der Waals surface area contributed by atoms with Crippen LogP contribution in [0.5, 0.6) is 0 Å². The number of para-hydroxylation sites is 4. The first-order chi connectivity index (χ1) is 34.7. The van der Waals surface area contributed by atoms with Crippen LogP contribution in [0.15, 0.2) is 285 Å². The fourth-order valence-corrected chi connectivity index (χ4v) is 9.97. The van der Waals surface area contributed by atoms with Crippen molar-refractivity contribution >= 4 is 51.2 Å². The van der Waals surface area contributed by atoms with E-state index in [1.54, 1.807) is 0 Å². The van der Waals surface area contributed by atoms with Crippen molar-refractivity contribution in [2.24, 2.45) is 0 Å². The van der Waals surface area contributed by atoms with Crippen molar-refractivity contribution in [1.82, 2.24) is 0 Å². The zero-order valence-corrected chi connectivity index (χ0v) is 38.7. The lowest BCUT2D eigenvalue weighted by atomic mass is 9.98. The zero-order chi connectivity index (χ0) is 46.6. The van der Waals surface area contributed by atoms with Crippen molar-refractivity contribution in [2.45, 2.75) is 6.42 Å². The molecule has 0 spiro atoms. The van der Waals surface area contributed by atoms with Crippen LogP contribution in [0.2, 0.25) is 0 Å². The van der Waals surface area contributed by atoms with E-state index >= 15 is 0 Å². The van der Waals surface area contributed by atoms with Gasteiger partial charge in [-0.15, -0.1) is 0 Å². The number of anilines is 9. The molecule has 0 aliphatic heterocycles. The fraction of sp³-hybridized carbons (Fsp3) is 0.0149. The van der Waals surface area contributed by atoms with Crippen molar-refractivity contribution in [3.63, 3.8) is 0 Å². The Labute approximate surface area is 411 Å². The highest BCUT2D eigenvalue weighted by Gasteiger charge is 2.20. The van der Waals surface area contributed by atoms with E-state index in [2.05, 4.69) is 300 Å². The molecule has 11 aromatic rings. The molecule has 70 heavy (non-hydrogen) atoms. The fourth-order valence-electron chi connectivity index (χ4n) is 9.97. The third-order valence-electron chi connectivity index (χ3n) is 13.5. The summed E-state index contributed by atoms with van der Waals surface area (Å²) in [5.74, 6) is 0. The summed E-state index contributed by atoms with van der Waals surface area (Å²) in [6, 6.07) is 103. The molecule has 0 atom stereocenters. The maximum atomic E-state index is 2.37. The third kappa shape index (κ3) is 8.42. The normalized spacial score (nSPS) is 11.4. The second-order valence-electron chi connectivity index (χ2n) is 17.8. The molecule has 1 aliphatic rings. The summed E-state index contributed by atoms with van der Waals surface area (Å²) in [5.41, 5.74) is 22.5. The van der Waals surface area contributed by atoms with Crippen molar-refractivity contribution in [3.05, 3.63) is 296 Å². The molecule has 11 aromatic carbocycles. The average Bonchev–Trinajstić information content (AvgIpc) is 3.82. The topological polar surface area (TPSA) is 9.72 Å². The molecule has 3 heteroatoms. The van der Waals surface area contributed by atoms with Crippen LogP contribution in [-0.2, 0) is 6.42 Å². The predicted molar refractivity (Wildman–Crippen MR) is 295 cm³/mol. The predicted octanol–water partition coefficient (Wildman–Crippen LogP) is 18.7. The number of benzene rings is 11. The van der Waals surface area contributed by atoms with Crippen molar-refractivity contribution in [3.8, 4) is 44.5 Å². The molecule has 1 aliphatic carbocycles. The Kier molecular flexibility index (Phi) is 11.4. The molecule has 3 nitrogen and oxygen atoms in total. The molecule has 0 bridgehead atoms. The molecule has 332 valence electrons. The van der Waals surface area contributed by atoms with Crippen molar-refractivity contribution < 1.29 is 0 Å². The van der Waals surface area contributed by atoms with Gasteiger partial charge in [-0.05, 0) is 177 Å². The zero-order valence-electron chi connectivity index (χ0n) is 38.7. The summed E-state index contributed by atoms with van der Waals surface area (Å²) in [4.78, 5) is 6.95. The average molecular weight is 896 g/mol. The molecule has 12 rings (SSSR count). The van der Waals surface area contributed by atoms with E-state index in [0.29, 0.717) is 0 Å². The Balaban J connectivity index is 0.858. The van der Waals surface area contributed by atoms with Gasteiger partial charge in [0.1, 0.15) is 0 Å². The number of hydrogen-bond donors (Lipinski definition) is 0. The first kappa shape index (κ1) is 42.2. The summed E-state index contributed by atoms with van der Waals surface area (Å²) in [6.45, 7) is 0. The van der Waals surface area contributed by atoms with E-state index in [4.69, 9.17) is 0 Å². The van der Waals surface area contributed by atoms with Gasteiger partial charge in [0.05, 0.1) is 0 Å². The van der Waals surface area contributed by atoms with Gasteiger partial charge in [0, 0.05) is 51.2 Å². The summed E-state index contributed by atoms with van der Waals surface area (Å²) >= 11 is 0. The molecular formula is C67H49N3. The number of fused-ring (bicyclic) bond motifs is 3. The Hall–Kier alpha value is -9.18. The summed E-state index contributed by atoms with van der Waals surface area (Å²) < 4.78 is 0. The van der Waals surface area contributed by atoms with E-state index in [-0.39, 0.29) is 0 Å². The second kappa shape index (κ2) is 18.8. The van der Waals surface area contributed by atoms with E-state index < -0.39 is 0 Å². The highest BCUT2D eigenvalue weighted by Crippen LogP contribution is 2.42. The monoisotopic (exact) mass is 895 g/mol. The number of rotatable bonds is 12. The molecule has 0 fully saturated rings. The van der Waals surface area contributed by atoms with Gasteiger partial charge in [0.2, 0.25) is 0 Å². The lowest BCUT2D eigenvalue weighted by Gasteiger charge is -2.27. The van der Waals surface area contributed by atoms with Crippen molar-refractivity contribution in [1.29, 1.82) is 0 Å². The first-order valence-electron chi connectivity index (χ1n) is 24.0. The van der Waals surface area contributed by atoms with Crippen LogP contribution in [0.25, 0.3) is 44.5 Å². The van der Waals surface area contributed by atoms with Gasteiger partial charge in [-0.1, -0.05) is 170 Å². The minimum absolute atomic E-state index is 0.996. The van der Waals surface area contributed by atoms with E-state index in [9.17, 15) is 0 Å². The van der Waals surface area contributed by atoms with Gasteiger partial charge in [-0.3, -0.25) is 0 Å². The van der Waals surface area contributed by atoms with Gasteiger partial charge in [0.25, 0.3) is 0 Å². The lowest BCUT2D eigenvalue weighted by Crippen LogP contribution is -2.10. The Bertz CT molecular complexity index is 3250. The van der Waals surface area contributed by atoms with E-state index in [1.807, 2.05) is 0 Å². The van der Waals surface area contributed by atoms with E-state index in [0.717, 1.165) is 79.9 Å². The van der Waals surface area contributed by atoms with Crippen molar-refractivity contribution in [2.75, 3.05) is 14.7 Å². The summed E-state index contributed by atoms with van der Waals surface area (Å²) in [5, 5.41) is 0. The second-order valence-corrected chi connectivity index (χ2v) is 17.8. The van der Waals surface area contributed by atoms with Gasteiger partial charge in [-0.25, -0.2) is 0 Å². The van der Waals surface area contributed by atoms with E-state index in [1.165, 1.54) is 33.4 Å². The van der Waals surface area contributed by atoms with Crippen LogP contribution in [0, 0.1) is 0 Å². The minimum atomic E-state index is 0.996. The molecule has 0 heterocycles.